The van der Waals surface area contributed by atoms with Crippen molar-refractivity contribution in [2.24, 2.45) is 5.73 Å². The largest absolute Gasteiger partial charge is 0.323 e. The molecule has 0 bridgehead atoms. The summed E-state index contributed by atoms with van der Waals surface area (Å²) in [6, 6.07) is 10.6. The Morgan fingerprint density at radius 3 is 2.59 bits per heavy atom. The summed E-state index contributed by atoms with van der Waals surface area (Å²) < 4.78 is 1.14. The summed E-state index contributed by atoms with van der Waals surface area (Å²) in [4.78, 5) is 2.64. The summed E-state index contributed by atoms with van der Waals surface area (Å²) in [5.74, 6) is 0. The second kappa shape index (κ2) is 5.34. The van der Waals surface area contributed by atoms with Crippen molar-refractivity contribution in [3.05, 3.63) is 55.7 Å². The SMILES string of the molecule is Cc1cc(C(N)Cc2ccccc2Br)sc1C. The third-order valence-electron chi connectivity index (χ3n) is 2.95. The maximum absolute atomic E-state index is 6.27. The van der Waals surface area contributed by atoms with Gasteiger partial charge in [0.05, 0.1) is 0 Å². The van der Waals surface area contributed by atoms with E-state index >= 15 is 0 Å². The molecule has 1 unspecified atom stereocenters. The Bertz CT molecular complexity index is 499. The van der Waals surface area contributed by atoms with Crippen molar-refractivity contribution in [2.75, 3.05) is 0 Å². The highest BCUT2D eigenvalue weighted by atomic mass is 79.9. The fraction of sp³-hybridized carbons (Fsp3) is 0.286. The predicted molar refractivity (Wildman–Crippen MR) is 78.6 cm³/mol. The van der Waals surface area contributed by atoms with Gasteiger partial charge in [-0.15, -0.1) is 11.3 Å². The van der Waals surface area contributed by atoms with E-state index < -0.39 is 0 Å². The van der Waals surface area contributed by atoms with E-state index in [4.69, 9.17) is 5.73 Å². The van der Waals surface area contributed by atoms with Crippen molar-refractivity contribution in [1.82, 2.24) is 0 Å². The molecule has 1 aromatic heterocycles. The molecule has 0 aliphatic heterocycles. The number of hydrogen-bond donors (Lipinski definition) is 1. The first kappa shape index (κ1) is 12.8. The molecule has 2 rings (SSSR count). The van der Waals surface area contributed by atoms with Crippen LogP contribution in [0.5, 0.6) is 0 Å². The van der Waals surface area contributed by atoms with Crippen LogP contribution in [0.15, 0.2) is 34.8 Å². The van der Waals surface area contributed by atoms with Crippen molar-refractivity contribution in [1.29, 1.82) is 0 Å². The van der Waals surface area contributed by atoms with Gasteiger partial charge in [0.25, 0.3) is 0 Å². The van der Waals surface area contributed by atoms with Crippen LogP contribution >= 0.6 is 27.3 Å². The summed E-state index contributed by atoms with van der Waals surface area (Å²) >= 11 is 5.37. The molecule has 0 radical (unpaired) electrons. The van der Waals surface area contributed by atoms with E-state index in [2.05, 4.69) is 54.0 Å². The zero-order valence-corrected chi connectivity index (χ0v) is 12.4. The monoisotopic (exact) mass is 309 g/mol. The maximum Gasteiger partial charge on any atom is 0.0431 e. The molecule has 0 saturated heterocycles. The molecule has 3 heteroatoms. The minimum absolute atomic E-state index is 0.0890. The van der Waals surface area contributed by atoms with Crippen LogP contribution in [-0.4, -0.2) is 0 Å². The van der Waals surface area contributed by atoms with E-state index in [0.717, 1.165) is 10.9 Å². The Hall–Kier alpha value is -0.640. The van der Waals surface area contributed by atoms with Gasteiger partial charge in [-0.25, -0.2) is 0 Å². The van der Waals surface area contributed by atoms with Crippen LogP contribution in [0.25, 0.3) is 0 Å². The Balaban J connectivity index is 2.17. The molecular formula is C14H16BrNS. The first-order valence-electron chi connectivity index (χ1n) is 5.64. The normalized spacial score (nSPS) is 12.7. The zero-order valence-electron chi connectivity index (χ0n) is 10.0. The van der Waals surface area contributed by atoms with E-state index in [9.17, 15) is 0 Å². The Labute approximate surface area is 115 Å². The first-order chi connectivity index (χ1) is 8.08. The van der Waals surface area contributed by atoms with E-state index in [-0.39, 0.29) is 6.04 Å². The lowest BCUT2D eigenvalue weighted by Crippen LogP contribution is -2.12. The summed E-state index contributed by atoms with van der Waals surface area (Å²) in [5.41, 5.74) is 8.88. The lowest BCUT2D eigenvalue weighted by molar-refractivity contribution is 0.734. The van der Waals surface area contributed by atoms with Gasteiger partial charge in [-0.05, 0) is 43.5 Å². The molecule has 90 valence electrons. The summed E-state index contributed by atoms with van der Waals surface area (Å²) in [7, 11) is 0. The minimum atomic E-state index is 0.0890. The average molecular weight is 310 g/mol. The average Bonchev–Trinajstić information content (AvgIpc) is 2.63. The number of benzene rings is 1. The van der Waals surface area contributed by atoms with Crippen LogP contribution in [0.3, 0.4) is 0 Å². The molecule has 2 aromatic rings. The molecule has 0 spiro atoms. The van der Waals surface area contributed by atoms with Crippen molar-refractivity contribution in [2.45, 2.75) is 26.3 Å². The number of halogens is 1. The molecule has 2 N–H and O–H groups in total. The van der Waals surface area contributed by atoms with Crippen LogP contribution in [-0.2, 0) is 6.42 Å². The van der Waals surface area contributed by atoms with Crippen LogP contribution in [0, 0.1) is 13.8 Å². The predicted octanol–water partition coefficient (Wildman–Crippen LogP) is 4.37. The van der Waals surface area contributed by atoms with Crippen molar-refractivity contribution in [3.8, 4) is 0 Å². The van der Waals surface area contributed by atoms with Gasteiger partial charge < -0.3 is 5.73 Å². The number of nitrogens with two attached hydrogens (primary N) is 1. The van der Waals surface area contributed by atoms with E-state index in [1.807, 2.05) is 17.4 Å². The number of aryl methyl sites for hydroxylation is 2. The van der Waals surface area contributed by atoms with Crippen molar-refractivity contribution < 1.29 is 0 Å². The lowest BCUT2D eigenvalue weighted by atomic mass is 10.1. The second-order valence-electron chi connectivity index (χ2n) is 4.29. The van der Waals surface area contributed by atoms with E-state index in [0.29, 0.717) is 0 Å². The van der Waals surface area contributed by atoms with Crippen LogP contribution < -0.4 is 5.73 Å². The molecule has 1 aromatic carbocycles. The quantitative estimate of drug-likeness (QED) is 0.895. The van der Waals surface area contributed by atoms with Gasteiger partial charge in [0, 0.05) is 20.3 Å². The topological polar surface area (TPSA) is 26.0 Å². The smallest absolute Gasteiger partial charge is 0.0431 e. The molecule has 17 heavy (non-hydrogen) atoms. The van der Waals surface area contributed by atoms with Crippen LogP contribution in [0.2, 0.25) is 0 Å². The van der Waals surface area contributed by atoms with Gasteiger partial charge in [-0.2, -0.15) is 0 Å². The molecule has 0 fully saturated rings. The van der Waals surface area contributed by atoms with Gasteiger partial charge in [-0.3, -0.25) is 0 Å². The Morgan fingerprint density at radius 2 is 2.00 bits per heavy atom. The fourth-order valence-electron chi connectivity index (χ4n) is 1.79. The summed E-state index contributed by atoms with van der Waals surface area (Å²) in [6.45, 7) is 4.29. The van der Waals surface area contributed by atoms with E-state index in [1.54, 1.807) is 0 Å². The van der Waals surface area contributed by atoms with Gasteiger partial charge in [0.1, 0.15) is 0 Å². The van der Waals surface area contributed by atoms with Gasteiger partial charge in [0.15, 0.2) is 0 Å². The second-order valence-corrected chi connectivity index (χ2v) is 6.43. The zero-order chi connectivity index (χ0) is 12.4. The van der Waals surface area contributed by atoms with Crippen molar-refractivity contribution >= 4 is 27.3 Å². The third-order valence-corrected chi connectivity index (χ3v) is 5.01. The molecular weight excluding hydrogens is 294 g/mol. The van der Waals surface area contributed by atoms with E-state index in [1.165, 1.54) is 20.9 Å². The number of rotatable bonds is 3. The number of hydrogen-bond acceptors (Lipinski definition) is 2. The van der Waals surface area contributed by atoms with Gasteiger partial charge in [0.2, 0.25) is 0 Å². The Morgan fingerprint density at radius 1 is 1.29 bits per heavy atom. The molecule has 0 aliphatic carbocycles. The summed E-state index contributed by atoms with van der Waals surface area (Å²) in [6.07, 6.45) is 0.876. The molecule has 0 saturated carbocycles. The summed E-state index contributed by atoms with van der Waals surface area (Å²) in [5, 5.41) is 0. The van der Waals surface area contributed by atoms with Crippen molar-refractivity contribution in [3.63, 3.8) is 0 Å². The standard InChI is InChI=1S/C14H16BrNS/c1-9-7-14(17-10(9)2)13(16)8-11-5-3-4-6-12(11)15/h3-7,13H,8,16H2,1-2H3. The molecule has 1 nitrogen and oxygen atoms in total. The fourth-order valence-corrected chi connectivity index (χ4v) is 3.28. The molecule has 1 atom stereocenters. The number of thiophene rings is 1. The molecule has 1 heterocycles. The maximum atomic E-state index is 6.27. The lowest BCUT2D eigenvalue weighted by Gasteiger charge is -2.10. The molecule has 0 aliphatic rings. The highest BCUT2D eigenvalue weighted by molar-refractivity contribution is 9.10. The minimum Gasteiger partial charge on any atom is -0.323 e. The van der Waals surface area contributed by atoms with Gasteiger partial charge >= 0.3 is 0 Å². The molecule has 0 amide bonds. The van der Waals surface area contributed by atoms with Crippen LogP contribution in [0.4, 0.5) is 0 Å². The third kappa shape index (κ3) is 2.97. The van der Waals surface area contributed by atoms with Gasteiger partial charge in [-0.1, -0.05) is 34.1 Å². The highest BCUT2D eigenvalue weighted by Crippen LogP contribution is 2.28. The first-order valence-corrected chi connectivity index (χ1v) is 7.25. The highest BCUT2D eigenvalue weighted by Gasteiger charge is 2.12. The Kier molecular flexibility index (Phi) is 4.02. The van der Waals surface area contributed by atoms with Crippen LogP contribution in [0.1, 0.15) is 26.9 Å².